The minimum Gasteiger partial charge on any atom is -0.368 e. The fraction of sp³-hybridized carbons (Fsp3) is 0.565. The average molecular weight is 491 g/mol. The van der Waals surface area contributed by atoms with Crippen molar-refractivity contribution in [3.63, 3.8) is 0 Å². The number of nitriles is 1. The summed E-state index contributed by atoms with van der Waals surface area (Å²) in [6.45, 7) is 3.15. The number of alkyl halides is 2. The minimum absolute atomic E-state index is 0.0101. The Balaban J connectivity index is 1.65. The maximum atomic E-state index is 14.8. The van der Waals surface area contributed by atoms with Crippen LogP contribution in [-0.4, -0.2) is 76.5 Å². The van der Waals surface area contributed by atoms with Gasteiger partial charge in [0.15, 0.2) is 5.92 Å². The molecule has 2 aliphatic heterocycles. The maximum Gasteiger partial charge on any atom is 0.302 e. The molecule has 0 aliphatic carbocycles. The van der Waals surface area contributed by atoms with E-state index in [2.05, 4.69) is 21.5 Å². The van der Waals surface area contributed by atoms with Gasteiger partial charge in [-0.1, -0.05) is 12.0 Å². The van der Waals surface area contributed by atoms with Crippen LogP contribution in [0.1, 0.15) is 25.5 Å². The van der Waals surface area contributed by atoms with E-state index in [0.29, 0.717) is 19.6 Å². The molecule has 0 bridgehead atoms. The second kappa shape index (κ2) is 11.5. The molecule has 34 heavy (non-hydrogen) atoms. The van der Waals surface area contributed by atoms with Crippen molar-refractivity contribution in [3.05, 3.63) is 23.9 Å². The van der Waals surface area contributed by atoms with Crippen LogP contribution in [0.5, 0.6) is 0 Å². The summed E-state index contributed by atoms with van der Waals surface area (Å²) in [4.78, 5) is 32.5. The molecule has 2 fully saturated rings. The molecule has 0 spiro atoms. The van der Waals surface area contributed by atoms with Gasteiger partial charge in [0.1, 0.15) is 22.1 Å². The molecule has 11 heteroatoms. The lowest BCUT2D eigenvalue weighted by Gasteiger charge is -2.24. The molecule has 2 amide bonds. The van der Waals surface area contributed by atoms with Crippen LogP contribution in [-0.2, 0) is 15.5 Å². The molecule has 2 aliphatic rings. The van der Waals surface area contributed by atoms with Crippen molar-refractivity contribution in [1.82, 2.24) is 20.1 Å². The third kappa shape index (κ3) is 5.96. The second-order valence-corrected chi connectivity index (χ2v) is 9.47. The van der Waals surface area contributed by atoms with Gasteiger partial charge in [0.05, 0.1) is 19.2 Å². The Morgan fingerprint density at radius 3 is 2.79 bits per heavy atom. The van der Waals surface area contributed by atoms with Gasteiger partial charge in [-0.15, -0.1) is 18.2 Å². The standard InChI is InChI=1S/C23H28F2N6O2S/c1-3-10-27-20(32)16(13-26)22-31(4-2)21(33)17(34-22)14-28-19-9-7-8-18(29-19)23(24,25)15-30-11-5-6-12-30/h1,7-9,16-17,22H,4-6,10-12,14-15H2,2H3,(H,27,32)(H,28,29)/t16-,17-,22?/m1/s1. The van der Waals surface area contributed by atoms with E-state index in [1.54, 1.807) is 17.9 Å². The molecule has 0 aromatic carbocycles. The highest BCUT2D eigenvalue weighted by atomic mass is 32.2. The van der Waals surface area contributed by atoms with Crippen LogP contribution < -0.4 is 10.6 Å². The van der Waals surface area contributed by atoms with Gasteiger partial charge >= 0.3 is 5.92 Å². The van der Waals surface area contributed by atoms with Gasteiger partial charge in [0.2, 0.25) is 11.8 Å². The van der Waals surface area contributed by atoms with E-state index >= 15 is 0 Å². The summed E-state index contributed by atoms with van der Waals surface area (Å²) in [7, 11) is 0. The molecule has 0 radical (unpaired) electrons. The first kappa shape index (κ1) is 25.7. The summed E-state index contributed by atoms with van der Waals surface area (Å²) < 4.78 is 29.5. The van der Waals surface area contributed by atoms with Gasteiger partial charge < -0.3 is 15.5 Å². The number of terminal acetylenes is 1. The summed E-state index contributed by atoms with van der Waals surface area (Å²) in [5.41, 5.74) is -0.322. The molecule has 3 heterocycles. The minimum atomic E-state index is -3.09. The molecule has 1 unspecified atom stereocenters. The highest BCUT2D eigenvalue weighted by Crippen LogP contribution is 2.36. The van der Waals surface area contributed by atoms with Crippen molar-refractivity contribution in [2.45, 2.75) is 36.3 Å². The van der Waals surface area contributed by atoms with Crippen LogP contribution in [0.2, 0.25) is 0 Å². The van der Waals surface area contributed by atoms with Crippen molar-refractivity contribution < 1.29 is 18.4 Å². The maximum absolute atomic E-state index is 14.8. The predicted octanol–water partition coefficient (Wildman–Crippen LogP) is 1.86. The van der Waals surface area contributed by atoms with Crippen molar-refractivity contribution in [1.29, 1.82) is 5.26 Å². The van der Waals surface area contributed by atoms with Crippen molar-refractivity contribution in [2.24, 2.45) is 5.92 Å². The molecule has 1 aromatic rings. The van der Waals surface area contributed by atoms with Crippen molar-refractivity contribution in [2.75, 3.05) is 44.6 Å². The number of nitrogens with one attached hydrogen (secondary N) is 2. The van der Waals surface area contributed by atoms with Crippen molar-refractivity contribution >= 4 is 29.4 Å². The zero-order chi connectivity index (χ0) is 24.7. The number of rotatable bonds is 10. The number of likely N-dealkylation sites (tertiary alicyclic amines) is 1. The number of pyridine rings is 1. The fourth-order valence-electron chi connectivity index (χ4n) is 4.08. The van der Waals surface area contributed by atoms with Crippen LogP contribution in [0.25, 0.3) is 0 Å². The number of thioether (sulfide) groups is 1. The summed E-state index contributed by atoms with van der Waals surface area (Å²) in [5, 5.41) is 13.7. The number of nitrogens with zero attached hydrogens (tertiary/aromatic N) is 4. The number of halogens is 2. The van der Waals surface area contributed by atoms with Gasteiger partial charge in [-0.3, -0.25) is 14.5 Å². The van der Waals surface area contributed by atoms with Gasteiger partial charge in [0.25, 0.3) is 0 Å². The highest BCUT2D eigenvalue weighted by molar-refractivity contribution is 8.01. The lowest BCUT2D eigenvalue weighted by molar-refractivity contribution is -0.131. The molecule has 0 saturated carbocycles. The molecular formula is C23H28F2N6O2S. The Morgan fingerprint density at radius 1 is 1.41 bits per heavy atom. The Kier molecular flexibility index (Phi) is 8.70. The van der Waals surface area contributed by atoms with Gasteiger partial charge in [-0.05, 0) is 45.0 Å². The summed E-state index contributed by atoms with van der Waals surface area (Å²) in [5.74, 6) is -2.42. The number of hydrogen-bond donors (Lipinski definition) is 2. The summed E-state index contributed by atoms with van der Waals surface area (Å²) >= 11 is 1.19. The zero-order valence-corrected chi connectivity index (χ0v) is 19.8. The van der Waals surface area contributed by atoms with E-state index in [9.17, 15) is 23.6 Å². The number of carbonyl (C=O) groups excluding carboxylic acids is 2. The molecule has 3 rings (SSSR count). The molecular weight excluding hydrogens is 462 g/mol. The van der Waals surface area contributed by atoms with E-state index in [0.717, 1.165) is 12.8 Å². The van der Waals surface area contributed by atoms with Crippen molar-refractivity contribution in [3.8, 4) is 18.4 Å². The normalized spacial score (nSPS) is 21.7. The number of aromatic nitrogens is 1. The molecule has 3 atom stereocenters. The topological polar surface area (TPSA) is 101 Å². The SMILES string of the molecule is C#CCNC(=O)[C@@H](C#N)C1S[C@H](CNc2cccc(C(F)(F)CN3CCCC3)n2)C(=O)N1CC. The van der Waals surface area contributed by atoms with Crippen LogP contribution in [0.3, 0.4) is 0 Å². The lowest BCUT2D eigenvalue weighted by atomic mass is 10.1. The smallest absolute Gasteiger partial charge is 0.302 e. The van der Waals surface area contributed by atoms with E-state index in [1.165, 1.54) is 28.8 Å². The van der Waals surface area contributed by atoms with E-state index in [-0.39, 0.29) is 37.1 Å². The third-order valence-corrected chi connectivity index (χ3v) is 7.30. The fourth-order valence-corrected chi connectivity index (χ4v) is 5.59. The second-order valence-electron chi connectivity index (χ2n) is 8.14. The number of carbonyl (C=O) groups is 2. The Morgan fingerprint density at radius 2 is 2.15 bits per heavy atom. The van der Waals surface area contributed by atoms with Gasteiger partial charge in [-0.25, -0.2) is 4.98 Å². The molecule has 2 saturated heterocycles. The predicted molar refractivity (Wildman–Crippen MR) is 126 cm³/mol. The number of hydrogen-bond acceptors (Lipinski definition) is 7. The van der Waals surface area contributed by atoms with E-state index < -0.39 is 28.4 Å². The molecule has 1 aromatic heterocycles. The lowest BCUT2D eigenvalue weighted by Crippen LogP contribution is -2.44. The molecule has 2 N–H and O–H groups in total. The Hall–Kier alpha value is -2.89. The van der Waals surface area contributed by atoms with E-state index in [1.807, 2.05) is 6.07 Å². The van der Waals surface area contributed by atoms with Crippen LogP contribution in [0.15, 0.2) is 18.2 Å². The zero-order valence-electron chi connectivity index (χ0n) is 19.0. The first-order valence-electron chi connectivity index (χ1n) is 11.2. The molecule has 182 valence electrons. The Labute approximate surface area is 202 Å². The van der Waals surface area contributed by atoms with Gasteiger partial charge in [-0.2, -0.15) is 14.0 Å². The number of amides is 2. The quantitative estimate of drug-likeness (QED) is 0.483. The van der Waals surface area contributed by atoms with E-state index in [4.69, 9.17) is 6.42 Å². The van der Waals surface area contributed by atoms with Crippen LogP contribution in [0.4, 0.5) is 14.6 Å². The van der Waals surface area contributed by atoms with Crippen LogP contribution in [0, 0.1) is 29.6 Å². The summed E-state index contributed by atoms with van der Waals surface area (Å²) in [6, 6.07) is 6.35. The van der Waals surface area contributed by atoms with Crippen LogP contribution >= 0.6 is 11.8 Å². The first-order chi connectivity index (χ1) is 16.3. The number of anilines is 1. The Bertz CT molecular complexity index is 973. The highest BCUT2D eigenvalue weighted by Gasteiger charge is 2.45. The molecule has 8 nitrogen and oxygen atoms in total. The van der Waals surface area contributed by atoms with Gasteiger partial charge in [0, 0.05) is 13.1 Å². The summed E-state index contributed by atoms with van der Waals surface area (Å²) in [6.07, 6.45) is 7.01. The largest absolute Gasteiger partial charge is 0.368 e. The average Bonchev–Trinajstić information content (AvgIpc) is 3.44. The monoisotopic (exact) mass is 490 g/mol. The first-order valence-corrected chi connectivity index (χ1v) is 12.1. The third-order valence-electron chi connectivity index (χ3n) is 5.79.